The first-order chi connectivity index (χ1) is 3.86. The van der Waals surface area contributed by atoms with Crippen molar-refractivity contribution in [2.24, 2.45) is 0 Å². The summed E-state index contributed by atoms with van der Waals surface area (Å²) in [6, 6.07) is 0.639. The summed E-state index contributed by atoms with van der Waals surface area (Å²) in [4.78, 5) is 2.13. The third kappa shape index (κ3) is 0.501. The van der Waals surface area contributed by atoms with E-state index in [0.29, 0.717) is 12.1 Å². The maximum atomic E-state index is 5.34. The molecule has 0 N–H and O–H groups in total. The molecular formula is C6H10NO. The van der Waals surface area contributed by atoms with E-state index in [0.717, 1.165) is 13.2 Å². The number of ether oxygens (including phenoxy) is 1. The lowest BCUT2D eigenvalue weighted by Gasteiger charge is -2.20. The van der Waals surface area contributed by atoms with Crippen LogP contribution in [0.5, 0.6) is 0 Å². The molecule has 0 aromatic carbocycles. The molecule has 0 aromatic rings. The van der Waals surface area contributed by atoms with Crippen molar-refractivity contribution in [1.29, 1.82) is 0 Å². The second kappa shape index (κ2) is 1.45. The fourth-order valence-corrected chi connectivity index (χ4v) is 1.48. The van der Waals surface area contributed by atoms with Crippen LogP contribution in [0.4, 0.5) is 0 Å². The van der Waals surface area contributed by atoms with E-state index in [2.05, 4.69) is 11.9 Å². The van der Waals surface area contributed by atoms with E-state index < -0.39 is 0 Å². The number of rotatable bonds is 0. The molecule has 0 spiro atoms. The summed E-state index contributed by atoms with van der Waals surface area (Å²) < 4.78 is 5.34. The molecule has 2 atom stereocenters. The largest absolute Gasteiger partial charge is 0.375 e. The summed E-state index contributed by atoms with van der Waals surface area (Å²) in [5.74, 6) is 0. The first-order valence-electron chi connectivity index (χ1n) is 3.05. The van der Waals surface area contributed by atoms with Gasteiger partial charge < -0.3 is 4.74 Å². The van der Waals surface area contributed by atoms with E-state index >= 15 is 0 Å². The molecule has 2 aliphatic heterocycles. The lowest BCUT2D eigenvalue weighted by atomic mass is 10.2. The van der Waals surface area contributed by atoms with Crippen molar-refractivity contribution in [3.63, 3.8) is 0 Å². The molecule has 2 heteroatoms. The van der Waals surface area contributed by atoms with Gasteiger partial charge in [0.1, 0.15) is 0 Å². The van der Waals surface area contributed by atoms with Gasteiger partial charge in [0.25, 0.3) is 0 Å². The average molecular weight is 112 g/mol. The molecular weight excluding hydrogens is 102 g/mol. The van der Waals surface area contributed by atoms with Crippen molar-refractivity contribution in [3.8, 4) is 0 Å². The summed E-state index contributed by atoms with van der Waals surface area (Å²) in [6.45, 7) is 1.96. The van der Waals surface area contributed by atoms with Gasteiger partial charge in [0, 0.05) is 19.6 Å². The molecule has 0 aromatic heterocycles. The zero-order valence-electron chi connectivity index (χ0n) is 4.84. The van der Waals surface area contributed by atoms with Crippen LogP contribution < -0.4 is 0 Å². The Morgan fingerprint density at radius 2 is 2.50 bits per heavy atom. The number of morpholine rings is 1. The van der Waals surface area contributed by atoms with E-state index in [4.69, 9.17) is 4.74 Å². The smallest absolute Gasteiger partial charge is 0.0718 e. The molecule has 2 saturated heterocycles. The summed E-state index contributed by atoms with van der Waals surface area (Å²) in [7, 11) is 3.87. The van der Waals surface area contributed by atoms with Crippen LogP contribution in [0.2, 0.25) is 0 Å². The van der Waals surface area contributed by atoms with E-state index in [1.165, 1.54) is 6.42 Å². The van der Waals surface area contributed by atoms with Crippen LogP contribution in [-0.4, -0.2) is 30.2 Å². The van der Waals surface area contributed by atoms with Gasteiger partial charge in [-0.3, -0.25) is 4.90 Å². The molecule has 2 heterocycles. The average Bonchev–Trinajstić information content (AvgIpc) is 2.23. The minimum absolute atomic E-state index is 0.512. The highest BCUT2D eigenvalue weighted by Gasteiger charge is 2.36. The summed E-state index contributed by atoms with van der Waals surface area (Å²) in [5, 5.41) is 0. The fourth-order valence-electron chi connectivity index (χ4n) is 1.48. The van der Waals surface area contributed by atoms with Gasteiger partial charge >= 0.3 is 0 Å². The Labute approximate surface area is 49.4 Å². The van der Waals surface area contributed by atoms with Crippen LogP contribution in [0.1, 0.15) is 6.42 Å². The first kappa shape index (κ1) is 4.77. The van der Waals surface area contributed by atoms with Gasteiger partial charge in [-0.25, -0.2) is 0 Å². The third-order valence-electron chi connectivity index (χ3n) is 2.01. The molecule has 2 unspecified atom stereocenters. The topological polar surface area (TPSA) is 12.5 Å². The normalized spacial score (nSPS) is 46.1. The Bertz CT molecular complexity index is 103. The number of nitrogens with zero attached hydrogens (tertiary/aromatic N) is 1. The van der Waals surface area contributed by atoms with E-state index in [-0.39, 0.29) is 0 Å². The Morgan fingerprint density at radius 3 is 2.75 bits per heavy atom. The van der Waals surface area contributed by atoms with Gasteiger partial charge in [0.15, 0.2) is 0 Å². The van der Waals surface area contributed by atoms with Crippen LogP contribution in [0.25, 0.3) is 0 Å². The van der Waals surface area contributed by atoms with Crippen LogP contribution in [0.3, 0.4) is 0 Å². The van der Waals surface area contributed by atoms with Gasteiger partial charge in [-0.1, -0.05) is 0 Å². The van der Waals surface area contributed by atoms with Crippen LogP contribution in [0.15, 0.2) is 0 Å². The van der Waals surface area contributed by atoms with Gasteiger partial charge in [-0.15, -0.1) is 0 Å². The quantitative estimate of drug-likeness (QED) is 0.445. The van der Waals surface area contributed by atoms with E-state index in [1.54, 1.807) is 0 Å². The molecule has 0 aliphatic carbocycles. The molecule has 2 fully saturated rings. The van der Waals surface area contributed by atoms with Crippen molar-refractivity contribution in [3.05, 3.63) is 7.05 Å². The fraction of sp³-hybridized carbons (Fsp3) is 0.833. The molecule has 2 nitrogen and oxygen atoms in total. The monoisotopic (exact) mass is 112 g/mol. The molecule has 2 bridgehead atoms. The Hall–Kier alpha value is -0.0800. The third-order valence-corrected chi connectivity index (χ3v) is 2.01. The molecule has 8 heavy (non-hydrogen) atoms. The summed E-state index contributed by atoms with van der Waals surface area (Å²) in [5.41, 5.74) is 0. The van der Waals surface area contributed by atoms with E-state index in [9.17, 15) is 0 Å². The van der Waals surface area contributed by atoms with Crippen molar-refractivity contribution >= 4 is 0 Å². The maximum Gasteiger partial charge on any atom is 0.0718 e. The van der Waals surface area contributed by atoms with Crippen LogP contribution in [-0.2, 0) is 4.74 Å². The van der Waals surface area contributed by atoms with Crippen LogP contribution >= 0.6 is 0 Å². The van der Waals surface area contributed by atoms with Crippen molar-refractivity contribution < 1.29 is 4.74 Å². The Kier molecular flexibility index (Phi) is 0.866. The number of fused-ring (bicyclic) bond motifs is 2. The van der Waals surface area contributed by atoms with Gasteiger partial charge in [0.05, 0.1) is 12.7 Å². The van der Waals surface area contributed by atoms with Crippen molar-refractivity contribution in [2.75, 3.05) is 13.2 Å². The minimum atomic E-state index is 0.512. The molecule has 2 aliphatic rings. The highest BCUT2D eigenvalue weighted by Crippen LogP contribution is 2.26. The zero-order valence-corrected chi connectivity index (χ0v) is 4.84. The van der Waals surface area contributed by atoms with Gasteiger partial charge in [-0.2, -0.15) is 0 Å². The predicted molar refractivity (Wildman–Crippen MR) is 30.2 cm³/mol. The molecule has 0 amide bonds. The molecule has 2 rings (SSSR count). The molecule has 0 saturated carbocycles. The lowest BCUT2D eigenvalue weighted by Crippen LogP contribution is -2.31. The van der Waals surface area contributed by atoms with Crippen molar-refractivity contribution in [2.45, 2.75) is 18.6 Å². The maximum absolute atomic E-state index is 5.34. The van der Waals surface area contributed by atoms with Gasteiger partial charge in [0.2, 0.25) is 0 Å². The minimum Gasteiger partial charge on any atom is -0.375 e. The standard InChI is InChI=1S/C6H10NO/c1-7-3-6-2-5(7)4-8-6/h5-6H,1-4H2. The zero-order chi connectivity index (χ0) is 5.56. The van der Waals surface area contributed by atoms with E-state index in [1.807, 2.05) is 0 Å². The second-order valence-electron chi connectivity index (χ2n) is 2.62. The summed E-state index contributed by atoms with van der Waals surface area (Å²) in [6.07, 6.45) is 1.72. The Balaban J connectivity index is 2.11. The highest BCUT2D eigenvalue weighted by molar-refractivity contribution is 4.90. The second-order valence-corrected chi connectivity index (χ2v) is 2.62. The number of hydrogen-bond acceptors (Lipinski definition) is 2. The van der Waals surface area contributed by atoms with Gasteiger partial charge in [-0.05, 0) is 6.42 Å². The molecule has 45 valence electrons. The first-order valence-corrected chi connectivity index (χ1v) is 3.05. The number of likely N-dealkylation sites (tertiary alicyclic amines) is 1. The Morgan fingerprint density at radius 1 is 1.62 bits per heavy atom. The summed E-state index contributed by atoms with van der Waals surface area (Å²) >= 11 is 0. The lowest BCUT2D eigenvalue weighted by molar-refractivity contribution is 0.0482. The van der Waals surface area contributed by atoms with Crippen molar-refractivity contribution in [1.82, 2.24) is 4.90 Å². The predicted octanol–water partition coefficient (Wildman–Crippen LogP) is 0.251. The molecule has 1 radical (unpaired) electrons. The number of hydrogen-bond donors (Lipinski definition) is 0. The SMILES string of the molecule is [CH2]N1CC2CC1CO2. The highest BCUT2D eigenvalue weighted by atomic mass is 16.5. The van der Waals surface area contributed by atoms with Crippen LogP contribution in [0, 0.1) is 7.05 Å².